The Morgan fingerprint density at radius 2 is 2.29 bits per heavy atom. The molecule has 0 bridgehead atoms. The van der Waals surface area contributed by atoms with Crippen molar-refractivity contribution >= 4 is 16.9 Å². The first-order valence-corrected chi connectivity index (χ1v) is 5.31. The highest BCUT2D eigenvalue weighted by atomic mass is 16.6. The highest BCUT2D eigenvalue weighted by molar-refractivity contribution is 5.77. The Hall–Kier alpha value is -1.85. The summed E-state index contributed by atoms with van der Waals surface area (Å²) in [6, 6.07) is 9.51. The van der Waals surface area contributed by atoms with E-state index in [0.717, 1.165) is 16.7 Å². The number of benzene rings is 1. The number of primary amides is 1. The van der Waals surface area contributed by atoms with Crippen molar-refractivity contribution in [3.63, 3.8) is 0 Å². The third kappa shape index (κ3) is 2.83. The second kappa shape index (κ2) is 4.99. The summed E-state index contributed by atoms with van der Waals surface area (Å²) in [4.78, 5) is 15.4. The summed E-state index contributed by atoms with van der Waals surface area (Å²) in [5, 5.41) is 1.03. The molecule has 2 rings (SSSR count). The predicted octanol–water partition coefficient (Wildman–Crippen LogP) is 1.50. The lowest BCUT2D eigenvalue weighted by Gasteiger charge is -2.09. The zero-order valence-corrected chi connectivity index (χ0v) is 9.47. The maximum Gasteiger partial charge on any atom is 0.245 e. The van der Waals surface area contributed by atoms with Gasteiger partial charge in [-0.05, 0) is 19.1 Å². The normalized spacial score (nSPS) is 12.8. The van der Waals surface area contributed by atoms with E-state index in [4.69, 9.17) is 15.0 Å². The molecule has 1 aromatic heterocycles. The number of hydroxylamine groups is 1. The van der Waals surface area contributed by atoms with Gasteiger partial charge in [0.2, 0.25) is 5.91 Å². The summed E-state index contributed by atoms with van der Waals surface area (Å²) in [6.07, 6.45) is 0. The van der Waals surface area contributed by atoms with Crippen LogP contribution in [0.15, 0.2) is 34.7 Å². The number of fused-ring (bicyclic) bond motifs is 1. The Bertz CT molecular complexity index is 488. The number of rotatable bonds is 5. The molecule has 1 unspecified atom stereocenters. The SMILES string of the molecule is CC(NOCC(N)=O)c1cc2ccccc2o1. The summed E-state index contributed by atoms with van der Waals surface area (Å²) in [5.74, 6) is 0.227. The lowest BCUT2D eigenvalue weighted by molar-refractivity contribution is -0.126. The van der Waals surface area contributed by atoms with Crippen molar-refractivity contribution in [2.75, 3.05) is 6.61 Å². The zero-order chi connectivity index (χ0) is 12.3. The van der Waals surface area contributed by atoms with E-state index in [-0.39, 0.29) is 12.6 Å². The maximum absolute atomic E-state index is 10.5. The van der Waals surface area contributed by atoms with Crippen molar-refractivity contribution < 1.29 is 14.0 Å². The van der Waals surface area contributed by atoms with Crippen LogP contribution in [0.2, 0.25) is 0 Å². The van der Waals surface area contributed by atoms with Crippen molar-refractivity contribution in [1.82, 2.24) is 5.48 Å². The van der Waals surface area contributed by atoms with Crippen LogP contribution in [0.5, 0.6) is 0 Å². The van der Waals surface area contributed by atoms with Crippen molar-refractivity contribution in [2.45, 2.75) is 13.0 Å². The monoisotopic (exact) mass is 234 g/mol. The zero-order valence-electron chi connectivity index (χ0n) is 9.47. The fourth-order valence-corrected chi connectivity index (χ4v) is 1.51. The Morgan fingerprint density at radius 1 is 1.53 bits per heavy atom. The van der Waals surface area contributed by atoms with E-state index in [1.165, 1.54) is 0 Å². The highest BCUT2D eigenvalue weighted by Gasteiger charge is 2.11. The number of carbonyl (C=O) groups excluding carboxylic acids is 1. The van der Waals surface area contributed by atoms with Crippen LogP contribution in [-0.2, 0) is 9.63 Å². The number of nitrogens with two attached hydrogens (primary N) is 1. The molecule has 5 nitrogen and oxygen atoms in total. The summed E-state index contributed by atoms with van der Waals surface area (Å²) in [7, 11) is 0. The number of amides is 1. The van der Waals surface area contributed by atoms with Crippen molar-refractivity contribution in [3.05, 3.63) is 36.1 Å². The molecule has 3 N–H and O–H groups in total. The minimum atomic E-state index is -0.519. The van der Waals surface area contributed by atoms with Gasteiger partial charge in [0.25, 0.3) is 0 Å². The van der Waals surface area contributed by atoms with Gasteiger partial charge in [0.1, 0.15) is 18.0 Å². The summed E-state index contributed by atoms with van der Waals surface area (Å²) in [6.45, 7) is 1.71. The first kappa shape index (κ1) is 11.6. The van der Waals surface area contributed by atoms with Gasteiger partial charge in [-0.2, -0.15) is 5.48 Å². The first-order chi connectivity index (χ1) is 8.16. The second-order valence-corrected chi connectivity index (χ2v) is 3.78. The molecule has 0 aliphatic heterocycles. The number of hydrogen-bond acceptors (Lipinski definition) is 4. The minimum Gasteiger partial charge on any atom is -0.459 e. The Kier molecular flexibility index (Phi) is 3.41. The summed E-state index contributed by atoms with van der Waals surface area (Å²) >= 11 is 0. The summed E-state index contributed by atoms with van der Waals surface area (Å²) < 4.78 is 5.63. The molecule has 0 fully saturated rings. The van der Waals surface area contributed by atoms with Crippen molar-refractivity contribution in [3.8, 4) is 0 Å². The van der Waals surface area contributed by atoms with Gasteiger partial charge >= 0.3 is 0 Å². The fourth-order valence-electron chi connectivity index (χ4n) is 1.51. The fraction of sp³-hybridized carbons (Fsp3) is 0.250. The van der Waals surface area contributed by atoms with E-state index in [1.54, 1.807) is 0 Å². The van der Waals surface area contributed by atoms with Crippen LogP contribution in [0.1, 0.15) is 18.7 Å². The average Bonchev–Trinajstić information content (AvgIpc) is 2.71. The molecule has 0 saturated carbocycles. The predicted molar refractivity (Wildman–Crippen MR) is 62.9 cm³/mol. The van der Waals surface area contributed by atoms with E-state index in [2.05, 4.69) is 5.48 Å². The third-order valence-corrected chi connectivity index (χ3v) is 2.35. The molecule has 1 amide bonds. The third-order valence-electron chi connectivity index (χ3n) is 2.35. The van der Waals surface area contributed by atoms with E-state index < -0.39 is 5.91 Å². The quantitative estimate of drug-likeness (QED) is 0.768. The molecular weight excluding hydrogens is 220 g/mol. The topological polar surface area (TPSA) is 77.5 Å². The standard InChI is InChI=1S/C12H14N2O3/c1-8(14-16-7-12(13)15)11-6-9-4-2-3-5-10(9)17-11/h2-6,8,14H,7H2,1H3,(H2,13,15). The van der Waals surface area contributed by atoms with Crippen LogP contribution in [0.3, 0.4) is 0 Å². The summed E-state index contributed by atoms with van der Waals surface area (Å²) in [5.41, 5.74) is 8.47. The van der Waals surface area contributed by atoms with Gasteiger partial charge in [0, 0.05) is 5.39 Å². The highest BCUT2D eigenvalue weighted by Crippen LogP contribution is 2.23. The molecule has 1 atom stereocenters. The van der Waals surface area contributed by atoms with Gasteiger partial charge in [0.15, 0.2) is 0 Å². The van der Waals surface area contributed by atoms with Gasteiger partial charge in [-0.1, -0.05) is 18.2 Å². The van der Waals surface area contributed by atoms with Gasteiger partial charge in [-0.25, -0.2) is 0 Å². The smallest absolute Gasteiger partial charge is 0.245 e. The number of nitrogens with one attached hydrogen (secondary N) is 1. The Labute approximate surface area is 98.5 Å². The lowest BCUT2D eigenvalue weighted by Crippen LogP contribution is -2.26. The molecule has 5 heteroatoms. The number of para-hydroxylation sites is 1. The molecule has 0 aliphatic carbocycles. The molecule has 0 aliphatic rings. The number of hydrogen-bond donors (Lipinski definition) is 2. The molecule has 17 heavy (non-hydrogen) atoms. The Morgan fingerprint density at radius 3 is 3.00 bits per heavy atom. The van der Waals surface area contributed by atoms with Gasteiger partial charge < -0.3 is 10.2 Å². The number of furan rings is 1. The van der Waals surface area contributed by atoms with E-state index in [1.807, 2.05) is 37.3 Å². The molecule has 2 aromatic rings. The molecule has 0 spiro atoms. The van der Waals surface area contributed by atoms with Crippen LogP contribution in [0, 0.1) is 0 Å². The van der Waals surface area contributed by atoms with Crippen LogP contribution in [0.25, 0.3) is 11.0 Å². The van der Waals surface area contributed by atoms with Crippen LogP contribution < -0.4 is 11.2 Å². The largest absolute Gasteiger partial charge is 0.459 e. The minimum absolute atomic E-state index is 0.151. The van der Waals surface area contributed by atoms with Crippen LogP contribution in [0.4, 0.5) is 0 Å². The van der Waals surface area contributed by atoms with Crippen molar-refractivity contribution in [1.29, 1.82) is 0 Å². The molecular formula is C12H14N2O3. The van der Waals surface area contributed by atoms with Crippen LogP contribution >= 0.6 is 0 Å². The molecule has 0 radical (unpaired) electrons. The average molecular weight is 234 g/mol. The van der Waals surface area contributed by atoms with Gasteiger partial charge in [0.05, 0.1) is 6.04 Å². The lowest BCUT2D eigenvalue weighted by atomic mass is 10.2. The second-order valence-electron chi connectivity index (χ2n) is 3.78. The Balaban J connectivity index is 2.03. The number of carbonyl (C=O) groups is 1. The molecule has 1 heterocycles. The van der Waals surface area contributed by atoms with Gasteiger partial charge in [-0.15, -0.1) is 0 Å². The van der Waals surface area contributed by atoms with E-state index >= 15 is 0 Å². The molecule has 90 valence electrons. The van der Waals surface area contributed by atoms with E-state index in [0.29, 0.717) is 0 Å². The maximum atomic E-state index is 10.5. The van der Waals surface area contributed by atoms with E-state index in [9.17, 15) is 4.79 Å². The molecule has 1 aromatic carbocycles. The molecule has 0 saturated heterocycles. The van der Waals surface area contributed by atoms with Crippen molar-refractivity contribution in [2.24, 2.45) is 5.73 Å². The first-order valence-electron chi connectivity index (χ1n) is 5.31. The van der Waals surface area contributed by atoms with Gasteiger partial charge in [-0.3, -0.25) is 9.63 Å². The van der Waals surface area contributed by atoms with Crippen LogP contribution in [-0.4, -0.2) is 12.5 Å².